The van der Waals surface area contributed by atoms with Crippen LogP contribution in [0.15, 0.2) is 18.2 Å². The van der Waals surface area contributed by atoms with Crippen LogP contribution in [0.3, 0.4) is 0 Å². The fourth-order valence-electron chi connectivity index (χ4n) is 1.28. The van der Waals surface area contributed by atoms with Gasteiger partial charge in [-0.2, -0.15) is 13.2 Å². The van der Waals surface area contributed by atoms with Crippen molar-refractivity contribution in [3.8, 4) is 5.75 Å². The Balaban J connectivity index is 3.09. The Kier molecular flexibility index (Phi) is 5.56. The first kappa shape index (κ1) is 16.9. The lowest BCUT2D eigenvalue weighted by molar-refractivity contribution is -0.137. The second kappa shape index (κ2) is 6.56. The van der Waals surface area contributed by atoms with Gasteiger partial charge in [-0.15, -0.1) is 0 Å². The maximum atomic E-state index is 13.4. The van der Waals surface area contributed by atoms with E-state index in [4.69, 9.17) is 9.05 Å². The van der Waals surface area contributed by atoms with Crippen LogP contribution in [0.5, 0.6) is 5.75 Å². The minimum atomic E-state index is -4.67. The van der Waals surface area contributed by atoms with E-state index >= 15 is 0 Å². The molecule has 0 spiro atoms. The summed E-state index contributed by atoms with van der Waals surface area (Å²) < 4.78 is 77.1. The average Bonchev–Trinajstić information content (AvgIpc) is 2.31. The summed E-state index contributed by atoms with van der Waals surface area (Å²) in [6.45, 7) is 2.82. The van der Waals surface area contributed by atoms with E-state index in [1.807, 2.05) is 0 Å². The van der Waals surface area contributed by atoms with Crippen LogP contribution in [0.25, 0.3) is 0 Å². The van der Waals surface area contributed by atoms with Crippen LogP contribution in [0.2, 0.25) is 0 Å². The van der Waals surface area contributed by atoms with E-state index < -0.39 is 31.1 Å². The summed E-state index contributed by atoms with van der Waals surface area (Å²) in [5.41, 5.74) is -1.13. The molecule has 114 valence electrons. The van der Waals surface area contributed by atoms with Gasteiger partial charge in [0.15, 0.2) is 11.6 Å². The quantitative estimate of drug-likeness (QED) is 0.576. The molecule has 1 aromatic rings. The van der Waals surface area contributed by atoms with Crippen molar-refractivity contribution in [2.45, 2.75) is 20.0 Å². The first-order valence-electron chi connectivity index (χ1n) is 5.67. The number of rotatable bonds is 6. The Morgan fingerprint density at radius 3 is 2.15 bits per heavy atom. The molecule has 1 rings (SSSR count). The lowest BCUT2D eigenvalue weighted by atomic mass is 10.2. The third-order valence-electron chi connectivity index (χ3n) is 2.04. The Morgan fingerprint density at radius 2 is 1.70 bits per heavy atom. The molecular weight excluding hydrogens is 303 g/mol. The van der Waals surface area contributed by atoms with Crippen molar-refractivity contribution in [1.29, 1.82) is 0 Å². The summed E-state index contributed by atoms with van der Waals surface area (Å²) in [4.78, 5) is 0. The van der Waals surface area contributed by atoms with Crippen LogP contribution in [0.1, 0.15) is 19.4 Å². The Hall–Kier alpha value is -1.11. The van der Waals surface area contributed by atoms with Crippen molar-refractivity contribution >= 4 is 7.82 Å². The van der Waals surface area contributed by atoms with Crippen molar-refractivity contribution in [3.05, 3.63) is 29.6 Å². The summed E-state index contributed by atoms with van der Waals surface area (Å²) in [5, 5.41) is 0. The number of halogens is 4. The van der Waals surface area contributed by atoms with Crippen LogP contribution in [-0.2, 0) is 19.8 Å². The monoisotopic (exact) mass is 316 g/mol. The SMILES string of the molecule is CCOP(=O)(OCC)Oc1cc(C(F)(F)F)ccc1F. The minimum absolute atomic E-state index is 0.0716. The lowest BCUT2D eigenvalue weighted by Crippen LogP contribution is -2.07. The highest BCUT2D eigenvalue weighted by Gasteiger charge is 2.34. The molecule has 1 aromatic carbocycles. The van der Waals surface area contributed by atoms with Crippen LogP contribution in [-0.4, -0.2) is 13.2 Å². The predicted octanol–water partition coefficient (Wildman–Crippen LogP) is 4.40. The van der Waals surface area contributed by atoms with Gasteiger partial charge in [0, 0.05) is 0 Å². The maximum absolute atomic E-state index is 13.4. The molecule has 0 aliphatic carbocycles. The van der Waals surface area contributed by atoms with Gasteiger partial charge in [-0.25, -0.2) is 8.96 Å². The molecule has 0 aliphatic heterocycles. The Labute approximate surface area is 113 Å². The molecule has 9 heteroatoms. The van der Waals surface area contributed by atoms with Crippen LogP contribution in [0, 0.1) is 5.82 Å². The molecule has 0 unspecified atom stereocenters. The van der Waals surface area contributed by atoms with Crippen molar-refractivity contribution in [3.63, 3.8) is 0 Å². The first-order valence-corrected chi connectivity index (χ1v) is 7.13. The van der Waals surface area contributed by atoms with Crippen molar-refractivity contribution in [1.82, 2.24) is 0 Å². The van der Waals surface area contributed by atoms with E-state index in [0.717, 1.165) is 0 Å². The van der Waals surface area contributed by atoms with Gasteiger partial charge in [0.25, 0.3) is 0 Å². The zero-order valence-corrected chi connectivity index (χ0v) is 11.6. The summed E-state index contributed by atoms with van der Waals surface area (Å²) in [7, 11) is -4.15. The standard InChI is InChI=1S/C11H13F4O4P/c1-3-17-20(16,18-4-2)19-10-7-8(11(13,14)15)5-6-9(10)12/h5-7H,3-4H2,1-2H3. The van der Waals surface area contributed by atoms with Gasteiger partial charge < -0.3 is 4.52 Å². The molecule has 0 saturated heterocycles. The highest BCUT2D eigenvalue weighted by Crippen LogP contribution is 2.50. The molecule has 0 aromatic heterocycles. The first-order chi connectivity index (χ1) is 9.22. The minimum Gasteiger partial charge on any atom is -0.401 e. The third-order valence-corrected chi connectivity index (χ3v) is 3.61. The Bertz CT molecular complexity index is 494. The van der Waals surface area contributed by atoms with E-state index in [9.17, 15) is 22.1 Å². The molecule has 0 heterocycles. The number of benzene rings is 1. The highest BCUT2D eigenvalue weighted by molar-refractivity contribution is 7.48. The summed E-state index contributed by atoms with van der Waals surface area (Å²) in [6.07, 6.45) is -4.67. The topological polar surface area (TPSA) is 44.8 Å². The van der Waals surface area contributed by atoms with Crippen molar-refractivity contribution in [2.24, 2.45) is 0 Å². The second-order valence-electron chi connectivity index (χ2n) is 3.52. The van der Waals surface area contributed by atoms with Gasteiger partial charge in [-0.3, -0.25) is 9.05 Å². The molecule has 0 saturated carbocycles. The van der Waals surface area contributed by atoms with Crippen LogP contribution in [0.4, 0.5) is 17.6 Å². The van der Waals surface area contributed by atoms with E-state index in [0.29, 0.717) is 18.2 Å². The molecule has 0 amide bonds. The van der Waals surface area contributed by atoms with Gasteiger partial charge in [0.1, 0.15) is 0 Å². The number of hydrogen-bond donors (Lipinski definition) is 0. The van der Waals surface area contributed by atoms with Crippen LogP contribution < -0.4 is 4.52 Å². The van der Waals surface area contributed by atoms with E-state index in [-0.39, 0.29) is 13.2 Å². The zero-order chi connectivity index (χ0) is 15.4. The fourth-order valence-corrected chi connectivity index (χ4v) is 2.47. The number of alkyl halides is 3. The molecule has 0 bridgehead atoms. The van der Waals surface area contributed by atoms with Crippen molar-refractivity contribution < 1.29 is 35.7 Å². The summed E-state index contributed by atoms with van der Waals surface area (Å²) >= 11 is 0. The summed E-state index contributed by atoms with van der Waals surface area (Å²) in [5.74, 6) is -1.94. The largest absolute Gasteiger partial charge is 0.530 e. The third kappa shape index (κ3) is 4.47. The normalized spacial score (nSPS) is 12.5. The van der Waals surface area contributed by atoms with Crippen LogP contribution >= 0.6 is 7.82 Å². The Morgan fingerprint density at radius 1 is 1.15 bits per heavy atom. The highest BCUT2D eigenvalue weighted by atomic mass is 31.2. The zero-order valence-electron chi connectivity index (χ0n) is 10.7. The summed E-state index contributed by atoms with van der Waals surface area (Å²) in [6, 6.07) is 1.52. The smallest absolute Gasteiger partial charge is 0.401 e. The number of phosphoric acid groups is 1. The number of phosphoric ester groups is 1. The molecule has 4 nitrogen and oxygen atoms in total. The van der Waals surface area contributed by atoms with Gasteiger partial charge in [0.05, 0.1) is 18.8 Å². The average molecular weight is 316 g/mol. The maximum Gasteiger partial charge on any atom is 0.530 e. The van der Waals surface area contributed by atoms with E-state index in [2.05, 4.69) is 4.52 Å². The van der Waals surface area contributed by atoms with E-state index in [1.165, 1.54) is 13.8 Å². The molecule has 0 fully saturated rings. The fraction of sp³-hybridized carbons (Fsp3) is 0.455. The lowest BCUT2D eigenvalue weighted by Gasteiger charge is -2.18. The molecule has 20 heavy (non-hydrogen) atoms. The van der Waals surface area contributed by atoms with Gasteiger partial charge in [0.2, 0.25) is 0 Å². The number of hydrogen-bond acceptors (Lipinski definition) is 4. The molecule has 0 radical (unpaired) electrons. The molecule has 0 N–H and O–H groups in total. The van der Waals surface area contributed by atoms with Gasteiger partial charge in [-0.1, -0.05) is 0 Å². The second-order valence-corrected chi connectivity index (χ2v) is 5.11. The predicted molar refractivity (Wildman–Crippen MR) is 62.9 cm³/mol. The van der Waals surface area contributed by atoms with Crippen molar-refractivity contribution in [2.75, 3.05) is 13.2 Å². The van der Waals surface area contributed by atoms with Gasteiger partial charge >= 0.3 is 14.0 Å². The molecule has 0 atom stereocenters. The van der Waals surface area contributed by atoms with E-state index in [1.54, 1.807) is 0 Å². The molecular formula is C11H13F4O4P. The van der Waals surface area contributed by atoms with Gasteiger partial charge in [-0.05, 0) is 32.0 Å². The molecule has 0 aliphatic rings.